The Balaban J connectivity index is 1.25. The summed E-state index contributed by atoms with van der Waals surface area (Å²) in [6.07, 6.45) is 2.62. The maximum absolute atomic E-state index is 12.3. The molecule has 5 rings (SSSR count). The molecule has 0 saturated heterocycles. The van der Waals surface area contributed by atoms with Gasteiger partial charge in [-0.3, -0.25) is 10.1 Å². The largest absolute Gasteiger partial charge is 0.484 e. The van der Waals surface area contributed by atoms with Crippen LogP contribution in [0.2, 0.25) is 0 Å². The van der Waals surface area contributed by atoms with Gasteiger partial charge in [-0.25, -0.2) is 9.78 Å². The molecule has 2 aromatic heterocycles. The second-order valence-electron chi connectivity index (χ2n) is 7.24. The first-order valence-corrected chi connectivity index (χ1v) is 11.5. The van der Waals surface area contributed by atoms with Crippen LogP contribution in [0.25, 0.3) is 22.2 Å². The lowest BCUT2D eigenvalue weighted by atomic mass is 10.1. The molecule has 0 unspecified atom stereocenters. The number of aromatic nitrogens is 1. The number of hydrogen-bond acceptors (Lipinski definition) is 6. The number of carbonyl (C=O) groups excluding carboxylic acids is 1. The summed E-state index contributed by atoms with van der Waals surface area (Å²) in [5.41, 5.74) is 3.82. The number of fused-ring (bicyclic) bond motifs is 3. The maximum atomic E-state index is 12.3. The molecule has 0 fully saturated rings. The van der Waals surface area contributed by atoms with E-state index in [-0.39, 0.29) is 18.1 Å². The SMILES string of the molecule is O=C(COc1ccc2c3c(c(=O)oc2c1)CCC3)Nc1nc(-c2cccc(Br)c2)cs1. The number of hydrogen-bond donors (Lipinski definition) is 1. The van der Waals surface area contributed by atoms with Gasteiger partial charge in [0.05, 0.1) is 5.69 Å². The van der Waals surface area contributed by atoms with E-state index in [0.29, 0.717) is 16.5 Å². The summed E-state index contributed by atoms with van der Waals surface area (Å²) in [5.74, 6) is 0.156. The number of amides is 1. The molecule has 4 aromatic rings. The van der Waals surface area contributed by atoms with Crippen molar-refractivity contribution in [2.45, 2.75) is 19.3 Å². The molecule has 156 valence electrons. The van der Waals surface area contributed by atoms with Gasteiger partial charge in [0.2, 0.25) is 0 Å². The molecule has 1 N–H and O–H groups in total. The molecule has 0 aliphatic heterocycles. The van der Waals surface area contributed by atoms with E-state index < -0.39 is 0 Å². The molecule has 0 spiro atoms. The molecule has 1 amide bonds. The van der Waals surface area contributed by atoms with Crippen molar-refractivity contribution < 1.29 is 13.9 Å². The van der Waals surface area contributed by atoms with Crippen LogP contribution < -0.4 is 15.7 Å². The van der Waals surface area contributed by atoms with Crippen LogP contribution in [0.3, 0.4) is 0 Å². The van der Waals surface area contributed by atoms with E-state index >= 15 is 0 Å². The number of anilines is 1. The minimum Gasteiger partial charge on any atom is -0.484 e. The Labute approximate surface area is 190 Å². The molecule has 31 heavy (non-hydrogen) atoms. The molecule has 2 aromatic carbocycles. The average Bonchev–Trinajstić information content (AvgIpc) is 3.42. The second kappa shape index (κ2) is 8.28. The fourth-order valence-corrected chi connectivity index (χ4v) is 4.90. The molecular weight excluding hydrogens is 480 g/mol. The second-order valence-corrected chi connectivity index (χ2v) is 9.02. The molecule has 8 heteroatoms. The van der Waals surface area contributed by atoms with Gasteiger partial charge in [-0.15, -0.1) is 11.3 Å². The zero-order valence-corrected chi connectivity index (χ0v) is 18.7. The maximum Gasteiger partial charge on any atom is 0.339 e. The standard InChI is InChI=1S/C23H17BrN2O4S/c24-14-4-1-3-13(9-14)19-12-31-23(25-19)26-21(27)11-29-15-7-8-17-16-5-2-6-18(16)22(28)30-20(17)10-15/h1,3-4,7-10,12H,2,5-6,11H2,(H,25,26,27). The van der Waals surface area contributed by atoms with Gasteiger partial charge in [-0.2, -0.15) is 0 Å². The Morgan fingerprint density at radius 2 is 2.06 bits per heavy atom. The van der Waals surface area contributed by atoms with Crippen molar-refractivity contribution >= 4 is 49.3 Å². The first kappa shape index (κ1) is 20.0. The number of carbonyl (C=O) groups is 1. The summed E-state index contributed by atoms with van der Waals surface area (Å²) in [6, 6.07) is 13.2. The summed E-state index contributed by atoms with van der Waals surface area (Å²) in [7, 11) is 0. The highest BCUT2D eigenvalue weighted by atomic mass is 79.9. The van der Waals surface area contributed by atoms with E-state index in [2.05, 4.69) is 26.2 Å². The van der Waals surface area contributed by atoms with Gasteiger partial charge in [0, 0.05) is 32.4 Å². The molecule has 0 radical (unpaired) electrons. The van der Waals surface area contributed by atoms with Crippen LogP contribution in [0.1, 0.15) is 17.5 Å². The highest BCUT2D eigenvalue weighted by Crippen LogP contribution is 2.30. The number of rotatable bonds is 5. The Morgan fingerprint density at radius 3 is 2.94 bits per heavy atom. The quantitative estimate of drug-likeness (QED) is 0.384. The highest BCUT2D eigenvalue weighted by molar-refractivity contribution is 9.10. The van der Waals surface area contributed by atoms with Crippen molar-refractivity contribution in [1.82, 2.24) is 4.98 Å². The molecule has 6 nitrogen and oxygen atoms in total. The van der Waals surface area contributed by atoms with Crippen molar-refractivity contribution in [3.63, 3.8) is 0 Å². The Kier molecular flexibility index (Phi) is 5.33. The van der Waals surface area contributed by atoms with Gasteiger partial charge >= 0.3 is 5.63 Å². The van der Waals surface area contributed by atoms with Crippen LogP contribution in [0.15, 0.2) is 61.5 Å². The van der Waals surface area contributed by atoms with Gasteiger partial charge < -0.3 is 9.15 Å². The highest BCUT2D eigenvalue weighted by Gasteiger charge is 2.19. The van der Waals surface area contributed by atoms with Crippen LogP contribution in [0.4, 0.5) is 5.13 Å². The third kappa shape index (κ3) is 4.13. The summed E-state index contributed by atoms with van der Waals surface area (Å²) in [5, 5.41) is 6.09. The number of aryl methyl sites for hydroxylation is 1. The minimum atomic E-state index is -0.314. The number of nitrogens with zero attached hydrogens (tertiary/aromatic N) is 1. The van der Waals surface area contributed by atoms with E-state index in [4.69, 9.17) is 9.15 Å². The van der Waals surface area contributed by atoms with Crippen molar-refractivity contribution in [2.24, 2.45) is 0 Å². The number of ether oxygens (including phenoxy) is 1. The van der Waals surface area contributed by atoms with Crippen LogP contribution >= 0.6 is 27.3 Å². The van der Waals surface area contributed by atoms with Gasteiger partial charge in [0.25, 0.3) is 5.91 Å². The summed E-state index contributed by atoms with van der Waals surface area (Å²) < 4.78 is 12.0. The molecule has 0 saturated carbocycles. The molecule has 1 aliphatic rings. The number of benzene rings is 2. The first-order chi connectivity index (χ1) is 15.1. The summed E-state index contributed by atoms with van der Waals surface area (Å²) in [6.45, 7) is -0.174. The van der Waals surface area contributed by atoms with E-state index in [1.807, 2.05) is 35.7 Å². The fraction of sp³-hybridized carbons (Fsp3) is 0.174. The van der Waals surface area contributed by atoms with Crippen molar-refractivity contribution in [1.29, 1.82) is 0 Å². The summed E-state index contributed by atoms with van der Waals surface area (Å²) >= 11 is 4.80. The minimum absolute atomic E-state index is 0.174. The molecule has 2 heterocycles. The van der Waals surface area contributed by atoms with E-state index in [1.165, 1.54) is 11.3 Å². The van der Waals surface area contributed by atoms with E-state index in [0.717, 1.165) is 51.5 Å². The predicted octanol–water partition coefficient (Wildman–Crippen LogP) is 5.19. The van der Waals surface area contributed by atoms with Crippen LogP contribution in [-0.2, 0) is 17.6 Å². The van der Waals surface area contributed by atoms with E-state index in [9.17, 15) is 9.59 Å². The topological polar surface area (TPSA) is 81.4 Å². The van der Waals surface area contributed by atoms with Gasteiger partial charge in [-0.05, 0) is 49.1 Å². The zero-order valence-electron chi connectivity index (χ0n) is 16.3. The number of nitrogens with one attached hydrogen (secondary N) is 1. The average molecular weight is 497 g/mol. The fourth-order valence-electron chi connectivity index (χ4n) is 3.77. The van der Waals surface area contributed by atoms with Gasteiger partial charge in [0.1, 0.15) is 11.3 Å². The first-order valence-electron chi connectivity index (χ1n) is 9.79. The molecule has 0 bridgehead atoms. The molecular formula is C23H17BrN2O4S. The smallest absolute Gasteiger partial charge is 0.339 e. The van der Waals surface area contributed by atoms with Crippen molar-refractivity contribution in [3.8, 4) is 17.0 Å². The predicted molar refractivity (Wildman–Crippen MR) is 124 cm³/mol. The lowest BCUT2D eigenvalue weighted by Crippen LogP contribution is -2.20. The number of halogens is 1. The van der Waals surface area contributed by atoms with E-state index in [1.54, 1.807) is 12.1 Å². The zero-order chi connectivity index (χ0) is 21.4. The van der Waals surface area contributed by atoms with Crippen molar-refractivity contribution in [2.75, 3.05) is 11.9 Å². The third-order valence-corrected chi connectivity index (χ3v) is 6.44. The van der Waals surface area contributed by atoms with Crippen molar-refractivity contribution in [3.05, 3.63) is 73.9 Å². The van der Waals surface area contributed by atoms with Gasteiger partial charge in [-0.1, -0.05) is 28.1 Å². The number of thiazole rings is 1. The van der Waals surface area contributed by atoms with Crippen LogP contribution in [0.5, 0.6) is 5.75 Å². The lowest BCUT2D eigenvalue weighted by molar-refractivity contribution is -0.118. The monoisotopic (exact) mass is 496 g/mol. The molecule has 1 aliphatic carbocycles. The lowest BCUT2D eigenvalue weighted by Gasteiger charge is -2.08. The third-order valence-electron chi connectivity index (χ3n) is 5.19. The molecule has 0 atom stereocenters. The summed E-state index contributed by atoms with van der Waals surface area (Å²) in [4.78, 5) is 28.9. The normalized spacial score (nSPS) is 12.7. The Morgan fingerprint density at radius 1 is 1.19 bits per heavy atom. The van der Waals surface area contributed by atoms with Crippen LogP contribution in [0, 0.1) is 0 Å². The van der Waals surface area contributed by atoms with Gasteiger partial charge in [0.15, 0.2) is 11.7 Å². The Bertz CT molecular complexity index is 1360. The van der Waals surface area contributed by atoms with Crippen LogP contribution in [-0.4, -0.2) is 17.5 Å². The Hall–Kier alpha value is -2.97.